The molecule has 3 aromatic carbocycles. The van der Waals surface area contributed by atoms with Crippen LogP contribution in [0.15, 0.2) is 72.8 Å². The third-order valence-corrected chi connectivity index (χ3v) is 32.8. The van der Waals surface area contributed by atoms with Gasteiger partial charge in [-0.3, -0.25) is 14.4 Å². The van der Waals surface area contributed by atoms with Gasteiger partial charge in [0.15, 0.2) is 5.69 Å². The van der Waals surface area contributed by atoms with E-state index in [2.05, 4.69) is 30.9 Å². The van der Waals surface area contributed by atoms with E-state index >= 15 is 26.3 Å². The number of amides is 6. The number of hydrogen-bond donors (Lipinski definition) is 3. The van der Waals surface area contributed by atoms with Crippen LogP contribution in [0.1, 0.15) is 248 Å². The summed E-state index contributed by atoms with van der Waals surface area (Å²) in [6.07, 6.45) is 13.7. The molecule has 9 heterocycles. The summed E-state index contributed by atoms with van der Waals surface area (Å²) in [4.78, 5) is 138. The van der Waals surface area contributed by atoms with Crippen LogP contribution >= 0.6 is 0 Å². The summed E-state index contributed by atoms with van der Waals surface area (Å²) in [6.45, 7) is 21.8. The van der Waals surface area contributed by atoms with Crippen molar-refractivity contribution in [2.75, 3.05) is 41.0 Å². The van der Waals surface area contributed by atoms with Gasteiger partial charge in [-0.15, -0.1) is 0 Å². The third-order valence-electron chi connectivity index (χ3n) is 32.8. The van der Waals surface area contributed by atoms with Crippen molar-refractivity contribution in [2.24, 2.45) is 87.3 Å². The number of pyridine rings is 3. The molecule has 0 unspecified atom stereocenters. The second kappa shape index (κ2) is 45.1. The van der Waals surface area contributed by atoms with Gasteiger partial charge >= 0.3 is 18.3 Å². The van der Waals surface area contributed by atoms with Crippen molar-refractivity contribution in [3.8, 4) is 34.8 Å². The predicted octanol–water partition coefficient (Wildman–Crippen LogP) is 19.3. The van der Waals surface area contributed by atoms with E-state index in [-0.39, 0.29) is 177 Å². The Labute approximate surface area is 869 Å². The number of ether oxygens (including phenoxy) is 9. The average molecular weight is 2100 g/mol. The zero-order valence-electron chi connectivity index (χ0n) is 84.3. The molecule has 3 saturated heterocycles. The fourth-order valence-electron chi connectivity index (χ4n) is 25.2. The van der Waals surface area contributed by atoms with Gasteiger partial charge in [0.05, 0.1) is 68.6 Å². The van der Waals surface area contributed by atoms with E-state index in [1.165, 1.54) is 48.2 Å². The van der Waals surface area contributed by atoms with Gasteiger partial charge < -0.3 is 87.7 Å². The molecule has 143 heavy (non-hydrogen) atoms. The number of fused-ring (bicyclic) bond motifs is 27. The van der Waals surface area contributed by atoms with Gasteiger partial charge in [-0.25, -0.2) is 65.8 Å². The maximum absolute atomic E-state index is 16.2. The van der Waals surface area contributed by atoms with Crippen molar-refractivity contribution in [2.45, 2.75) is 321 Å². The molecule has 777 valence electrons. The fourth-order valence-corrected chi connectivity index (χ4v) is 25.2. The molecular weight excluding hydrogens is 1970 g/mol. The van der Waals surface area contributed by atoms with Gasteiger partial charge in [0.1, 0.15) is 77.7 Å². The largest absolute Gasteiger partial charge is 0.540 e. The van der Waals surface area contributed by atoms with Crippen molar-refractivity contribution in [1.82, 2.24) is 45.6 Å². The molecular formula is C107H136F6N9O18V3-3. The Morgan fingerprint density at radius 3 is 1.11 bits per heavy atom. The SMILES string of the molecule is CC[C@@H]1[C@@H]2CN(C(=O)[C@H](C(C)(C)C)NC(=O)O[C@@H]3[C@H]4CC[C@H](C4)[C@H]3CCCCC(F)(F)c3cc4ccc(OC)cc4nc3O2)[C@@H]1[C-]=O.CC[C@@H]1[C@@H]2CN(C(=O)[C@H](C(C)(C)C)NC(=O)O[C@@H]3[C@H]4CC[C@H](C4)[C@H]3CCCCC(F)(F)c3nc4ccc(OC)cc4cc3O2)[C@@H]1[C-]=O.COc1ccc2cc3c(nc2c1)O[C@H]1CN(C(=O)[C@H](C(C)(C)C)NC(=O)O[C@@H]2[C@H]4CC[C@H](C4)[C@H]2CCCCC3(F)F)[C@H]([C-]=O)[C@@H]1C.[V].[V].[V]. The van der Waals surface area contributed by atoms with E-state index in [9.17, 15) is 43.2 Å². The molecule has 6 aliphatic heterocycles. The Balaban J connectivity index is 0.000000178. The normalized spacial score (nSPS) is 32.2. The first-order valence-electron chi connectivity index (χ1n) is 50.6. The minimum absolute atomic E-state index is 0. The van der Waals surface area contributed by atoms with Gasteiger partial charge in [0.25, 0.3) is 17.8 Å². The van der Waals surface area contributed by atoms with Crippen LogP contribution in [-0.4, -0.2) is 198 Å². The number of benzene rings is 3. The summed E-state index contributed by atoms with van der Waals surface area (Å²) in [6, 6.07) is 13.5. The zero-order chi connectivity index (χ0) is 100. The van der Waals surface area contributed by atoms with Gasteiger partial charge in [-0.2, -0.15) is 8.78 Å². The van der Waals surface area contributed by atoms with Gasteiger partial charge in [0, 0.05) is 103 Å². The van der Waals surface area contributed by atoms with Crippen molar-refractivity contribution in [3.63, 3.8) is 0 Å². The summed E-state index contributed by atoms with van der Waals surface area (Å²) < 4.78 is 150. The molecule has 24 atom stereocenters. The minimum Gasteiger partial charge on any atom is -0.540 e. The van der Waals surface area contributed by atoms with Crippen LogP contribution < -0.4 is 44.4 Å². The molecule has 27 nitrogen and oxygen atoms in total. The summed E-state index contributed by atoms with van der Waals surface area (Å²) >= 11 is 0. The number of carbonyl (C=O) groups excluding carboxylic acids is 9. The first-order valence-corrected chi connectivity index (χ1v) is 50.6. The molecule has 12 aliphatic rings. The smallest absolute Gasteiger partial charge is 0.408 e. The first kappa shape index (κ1) is 111. The second-order valence-corrected chi connectivity index (χ2v) is 44.6. The standard InChI is InChI=1S/2C36H46F2N3O6.C35H44F2N3O6.3V/c1-6-24-28(19-42)41-18-29(24)46-32-26(16-21-12-13-23(45-5)17-27(21)39-32)36(37,38)14-8-7-9-25-20-10-11-22(15-20)30(25)47-34(44)40-31(33(41)43)35(2,3)4;1-6-24-27(19-42)41-18-29(24)46-28-17-22-16-23(45-5)12-13-26(22)39-31(28)36(37,38)14-8-7-9-25-20-10-11-21(15-20)30(25)47-34(44)40-32(33(41)43)35(2,3)4;1-19-27(18-41)40-17-28(19)45-31-25(15-21-11-12-23(44-5)16-26(21)38-31)35(36,37)13-7-6-8-24-20-9-10-22(14-20)29(24)46-33(43)39-30(32(40)42)34(2,3)4;;;/h12-13,16-17,20,22,24-25,28-31H,6-11,14-15,18H2,1-5H3,(H,40,44);12-13,16-17,20-21,24-25,27,29-30,32H,6-11,14-15,18H2,1-5H3,(H,40,44);11-12,15-16,19-20,22,24,27-30H,6-10,13-14,17H2,1-5H3,(H,39,43);;;/q3*-1;;;/t20-,22+,24+,25-,28-,29+,30-,31-;20-,21+,24+,25-,27-,29+,30-,32-;19-,20+,22-,24+,27+,28-,29+,30+;;;/m110.../s1. The second-order valence-electron chi connectivity index (χ2n) is 44.6. The number of methoxy groups -OCH3 is 3. The van der Waals surface area contributed by atoms with Crippen LogP contribution in [0.4, 0.5) is 40.7 Å². The maximum atomic E-state index is 16.2. The Morgan fingerprint density at radius 1 is 0.399 bits per heavy atom. The molecule has 6 aromatic rings. The topological polar surface area (TPSA) is 321 Å². The Hall–Kier alpha value is -8.75. The Morgan fingerprint density at radius 2 is 0.741 bits per heavy atom. The van der Waals surface area contributed by atoms with E-state index in [1.54, 1.807) is 67.6 Å². The summed E-state index contributed by atoms with van der Waals surface area (Å²) in [7, 11) is 4.56. The number of alkyl carbamates (subject to hydrolysis) is 3. The monoisotopic (exact) mass is 2100 g/mol. The van der Waals surface area contributed by atoms with E-state index in [0.717, 1.165) is 57.8 Å². The minimum atomic E-state index is -3.30. The van der Waals surface area contributed by atoms with Crippen LogP contribution in [0.25, 0.3) is 32.7 Å². The molecule has 18 rings (SSSR count). The molecule has 9 fully saturated rings. The average Bonchev–Trinajstić information content (AvgIpc) is 1.54. The quantitative estimate of drug-likeness (QED) is 0.0724. The Bertz CT molecular complexity index is 5370. The van der Waals surface area contributed by atoms with E-state index in [0.29, 0.717) is 119 Å². The molecule has 6 aliphatic carbocycles. The summed E-state index contributed by atoms with van der Waals surface area (Å²) in [5.41, 5.74) is -2.04. The molecule has 6 saturated carbocycles. The number of nitrogens with zero attached hydrogens (tertiary/aromatic N) is 6. The van der Waals surface area contributed by atoms with Crippen molar-refractivity contribution >= 4 is 87.6 Å². The van der Waals surface area contributed by atoms with Crippen LogP contribution in [0.3, 0.4) is 0 Å². The van der Waals surface area contributed by atoms with Crippen molar-refractivity contribution in [3.05, 3.63) is 89.6 Å². The predicted molar refractivity (Wildman–Crippen MR) is 508 cm³/mol. The van der Waals surface area contributed by atoms with Crippen molar-refractivity contribution in [1.29, 1.82) is 0 Å². The van der Waals surface area contributed by atoms with Crippen LogP contribution in [0.5, 0.6) is 34.8 Å². The number of carbonyl (C=O) groups is 6. The summed E-state index contributed by atoms with van der Waals surface area (Å²) in [5.74, 6) is -9.71. The molecule has 3 aromatic heterocycles. The number of rotatable bonds is 8. The number of halogens is 6. The summed E-state index contributed by atoms with van der Waals surface area (Å²) in [5, 5.41) is 10.2. The molecule has 0 spiro atoms. The number of alkyl halides is 6. The van der Waals surface area contributed by atoms with E-state index in [4.69, 9.17) is 42.6 Å². The molecule has 3 radical (unpaired) electrons. The van der Waals surface area contributed by atoms with Crippen molar-refractivity contribution < 1.29 is 168 Å². The third kappa shape index (κ3) is 23.4. The molecule has 36 heteroatoms. The van der Waals surface area contributed by atoms with Crippen LogP contribution in [0.2, 0.25) is 0 Å². The molecule has 3 N–H and O–H groups in total. The van der Waals surface area contributed by atoms with Gasteiger partial charge in [0.2, 0.25) is 29.5 Å². The van der Waals surface area contributed by atoms with E-state index < -0.39 is 167 Å². The van der Waals surface area contributed by atoms with Gasteiger partial charge in [-0.05, 0) is 244 Å². The van der Waals surface area contributed by atoms with Crippen LogP contribution in [-0.2, 0) is 116 Å². The Kier molecular flexibility index (Phi) is 35.2. The van der Waals surface area contributed by atoms with Crippen LogP contribution in [0, 0.1) is 87.3 Å². The number of nitrogens with one attached hydrogen (secondary N) is 3. The first-order chi connectivity index (χ1) is 66.5. The fraction of sp³-hybridized carbons (Fsp3) is 0.664. The maximum Gasteiger partial charge on any atom is 0.408 e. The number of aromatic nitrogens is 3. The molecule has 6 amide bonds. The van der Waals surface area contributed by atoms with E-state index in [1.807, 2.05) is 95.0 Å². The number of hydrogen-bond acceptors (Lipinski definition) is 21. The van der Waals surface area contributed by atoms with Gasteiger partial charge in [-0.1, -0.05) is 133 Å². The molecule has 12 bridgehead atoms. The zero-order valence-corrected chi connectivity index (χ0v) is 88.5.